The fourth-order valence-corrected chi connectivity index (χ4v) is 5.13. The maximum absolute atomic E-state index is 13.6. The first-order chi connectivity index (χ1) is 17.2. The van der Waals surface area contributed by atoms with E-state index in [4.69, 9.17) is 11.6 Å². The van der Waals surface area contributed by atoms with E-state index in [1.807, 2.05) is 53.6 Å². The number of pyridine rings is 1. The van der Waals surface area contributed by atoms with E-state index in [0.29, 0.717) is 17.3 Å². The molecule has 0 spiro atoms. The van der Waals surface area contributed by atoms with Crippen molar-refractivity contribution in [1.29, 1.82) is 0 Å². The average molecular weight is 479 g/mol. The molecule has 5 nitrogen and oxygen atoms in total. The van der Waals surface area contributed by atoms with E-state index in [-0.39, 0.29) is 11.9 Å². The summed E-state index contributed by atoms with van der Waals surface area (Å²) in [5, 5.41) is 2.22. The first-order valence-corrected chi connectivity index (χ1v) is 12.1. The zero-order chi connectivity index (χ0) is 23.8. The molecule has 0 radical (unpaired) electrons. The summed E-state index contributed by atoms with van der Waals surface area (Å²) < 4.78 is 0. The van der Waals surface area contributed by atoms with Gasteiger partial charge in [-0.2, -0.15) is 0 Å². The van der Waals surface area contributed by atoms with Crippen LogP contribution in [0.4, 0.5) is 0 Å². The maximum atomic E-state index is 13.6. The Morgan fingerprint density at radius 2 is 1.63 bits per heavy atom. The number of carbonyl (C=O) groups is 1. The fourth-order valence-electron chi connectivity index (χ4n) is 4.89. The summed E-state index contributed by atoms with van der Waals surface area (Å²) in [5.41, 5.74) is 4.79. The van der Waals surface area contributed by atoms with E-state index in [9.17, 15) is 4.79 Å². The number of hydrogen-bond donors (Lipinski definition) is 1. The highest BCUT2D eigenvalue weighted by Crippen LogP contribution is 2.34. The van der Waals surface area contributed by atoms with Crippen molar-refractivity contribution in [2.75, 3.05) is 6.54 Å². The highest BCUT2D eigenvalue weighted by Gasteiger charge is 2.34. The molecule has 0 bridgehead atoms. The molecule has 1 saturated heterocycles. The van der Waals surface area contributed by atoms with Gasteiger partial charge in [-0.3, -0.25) is 9.78 Å². The Kier molecular flexibility index (Phi) is 5.55. The zero-order valence-corrected chi connectivity index (χ0v) is 19.7. The van der Waals surface area contributed by atoms with E-state index in [1.165, 1.54) is 11.1 Å². The van der Waals surface area contributed by atoms with Crippen LogP contribution in [0.25, 0.3) is 33.2 Å². The number of hydrogen-bond acceptors (Lipinski definition) is 3. The second-order valence-electron chi connectivity index (χ2n) is 8.78. The summed E-state index contributed by atoms with van der Waals surface area (Å²) in [6.07, 6.45) is 5.28. The maximum Gasteiger partial charge on any atom is 0.273 e. The van der Waals surface area contributed by atoms with Crippen LogP contribution in [0.2, 0.25) is 5.02 Å². The van der Waals surface area contributed by atoms with E-state index >= 15 is 0 Å². The highest BCUT2D eigenvalue weighted by molar-refractivity contribution is 6.35. The standard InChI is InChI=1S/C29H23ClN4O/c30-24-9-4-8-23-22(24)15-16-31-27(23)29(35)34-17-5-10-26(34)28-32-18-25(33-28)21-13-11-20(12-14-21)19-6-2-1-3-7-19/h1-4,6-9,11-16,18,26H,5,10,17H2,(H,32,33)/t26-/m0/s1. The van der Waals surface area contributed by atoms with Crippen LogP contribution in [0.15, 0.2) is 91.3 Å². The molecule has 0 saturated carbocycles. The summed E-state index contributed by atoms with van der Waals surface area (Å²) in [7, 11) is 0. The number of carbonyl (C=O) groups excluding carboxylic acids is 1. The van der Waals surface area contributed by atoms with Crippen LogP contribution in [-0.4, -0.2) is 32.3 Å². The third-order valence-electron chi connectivity index (χ3n) is 6.68. The highest BCUT2D eigenvalue weighted by atomic mass is 35.5. The number of nitrogens with zero attached hydrogens (tertiary/aromatic N) is 3. The van der Waals surface area contributed by atoms with Gasteiger partial charge in [0, 0.05) is 28.5 Å². The number of H-pyrrole nitrogens is 1. The van der Waals surface area contributed by atoms with Gasteiger partial charge in [-0.05, 0) is 41.7 Å². The van der Waals surface area contributed by atoms with Crippen LogP contribution in [0.3, 0.4) is 0 Å². The van der Waals surface area contributed by atoms with E-state index in [1.54, 1.807) is 6.20 Å². The van der Waals surface area contributed by atoms with E-state index in [0.717, 1.165) is 40.7 Å². The van der Waals surface area contributed by atoms with Crippen molar-refractivity contribution in [2.24, 2.45) is 0 Å². The molecule has 3 aromatic carbocycles. The molecule has 3 heterocycles. The van der Waals surface area contributed by atoms with Gasteiger partial charge in [0.2, 0.25) is 0 Å². The first-order valence-electron chi connectivity index (χ1n) is 11.7. The molecule has 1 aliphatic rings. The van der Waals surface area contributed by atoms with Crippen molar-refractivity contribution in [3.05, 3.63) is 108 Å². The van der Waals surface area contributed by atoms with Crippen LogP contribution in [0.1, 0.15) is 35.2 Å². The second-order valence-corrected chi connectivity index (χ2v) is 9.18. The Bertz CT molecular complexity index is 1510. The van der Waals surface area contributed by atoms with Crippen molar-refractivity contribution in [1.82, 2.24) is 19.9 Å². The van der Waals surface area contributed by atoms with Gasteiger partial charge >= 0.3 is 0 Å². The molecule has 1 N–H and O–H groups in total. The van der Waals surface area contributed by atoms with Crippen LogP contribution < -0.4 is 0 Å². The Morgan fingerprint density at radius 1 is 0.857 bits per heavy atom. The molecule has 1 atom stereocenters. The summed E-state index contributed by atoms with van der Waals surface area (Å²) in [5.74, 6) is 0.710. The Labute approximate surface area is 208 Å². The number of fused-ring (bicyclic) bond motifs is 1. The Hall–Kier alpha value is -3.96. The smallest absolute Gasteiger partial charge is 0.273 e. The monoisotopic (exact) mass is 478 g/mol. The van der Waals surface area contributed by atoms with Crippen molar-refractivity contribution >= 4 is 28.3 Å². The molecule has 172 valence electrons. The summed E-state index contributed by atoms with van der Waals surface area (Å²) in [6, 6.07) is 26.1. The largest absolute Gasteiger partial charge is 0.340 e. The quantitative estimate of drug-likeness (QED) is 0.305. The molecule has 0 unspecified atom stereocenters. The third-order valence-corrected chi connectivity index (χ3v) is 7.01. The lowest BCUT2D eigenvalue weighted by Gasteiger charge is -2.23. The van der Waals surface area contributed by atoms with Crippen molar-refractivity contribution < 1.29 is 4.79 Å². The molecule has 2 aromatic heterocycles. The minimum Gasteiger partial charge on any atom is -0.340 e. The molecule has 1 amide bonds. The number of nitrogens with one attached hydrogen (secondary N) is 1. The van der Waals surface area contributed by atoms with E-state index in [2.05, 4.69) is 51.4 Å². The SMILES string of the molecule is O=C(c1nccc2c(Cl)cccc12)N1CCC[C@H]1c1ncc(-c2ccc(-c3ccccc3)cc2)[nH]1. The first kappa shape index (κ1) is 21.6. The van der Waals surface area contributed by atoms with Gasteiger partial charge in [0.15, 0.2) is 0 Å². The second kappa shape index (κ2) is 9.01. The van der Waals surface area contributed by atoms with Gasteiger partial charge in [-0.25, -0.2) is 4.98 Å². The number of benzene rings is 3. The number of likely N-dealkylation sites (tertiary alicyclic amines) is 1. The third kappa shape index (κ3) is 3.98. The lowest BCUT2D eigenvalue weighted by molar-refractivity contribution is 0.0726. The van der Waals surface area contributed by atoms with Gasteiger partial charge in [0.05, 0.1) is 17.9 Å². The average Bonchev–Trinajstić information content (AvgIpc) is 3.59. The fraction of sp³-hybridized carbons (Fsp3) is 0.138. The van der Waals surface area contributed by atoms with Gasteiger partial charge in [-0.1, -0.05) is 78.3 Å². The lowest BCUT2D eigenvalue weighted by Crippen LogP contribution is -2.31. The van der Waals surface area contributed by atoms with Crippen LogP contribution in [-0.2, 0) is 0 Å². The molecule has 1 fully saturated rings. The van der Waals surface area contributed by atoms with Crippen LogP contribution >= 0.6 is 11.6 Å². The van der Waals surface area contributed by atoms with Gasteiger partial charge < -0.3 is 9.88 Å². The van der Waals surface area contributed by atoms with Crippen LogP contribution in [0.5, 0.6) is 0 Å². The van der Waals surface area contributed by atoms with Crippen molar-refractivity contribution in [3.8, 4) is 22.4 Å². The number of aromatic nitrogens is 3. The van der Waals surface area contributed by atoms with Gasteiger partial charge in [0.25, 0.3) is 5.91 Å². The van der Waals surface area contributed by atoms with Crippen molar-refractivity contribution in [2.45, 2.75) is 18.9 Å². The summed E-state index contributed by atoms with van der Waals surface area (Å²) in [6.45, 7) is 0.671. The molecular weight excluding hydrogens is 456 g/mol. The molecule has 5 aromatic rings. The lowest BCUT2D eigenvalue weighted by atomic mass is 10.0. The van der Waals surface area contributed by atoms with Crippen LogP contribution in [0, 0.1) is 0 Å². The molecule has 35 heavy (non-hydrogen) atoms. The molecule has 6 heteroatoms. The molecular formula is C29H23ClN4O. The number of imidazole rings is 1. The normalized spacial score (nSPS) is 15.6. The number of amides is 1. The number of halogens is 1. The predicted octanol–water partition coefficient (Wildman–Crippen LogP) is 6.92. The topological polar surface area (TPSA) is 61.9 Å². The predicted molar refractivity (Wildman–Crippen MR) is 139 cm³/mol. The minimum atomic E-state index is -0.115. The zero-order valence-electron chi connectivity index (χ0n) is 19.0. The Balaban J connectivity index is 1.27. The molecule has 1 aliphatic heterocycles. The van der Waals surface area contributed by atoms with Crippen molar-refractivity contribution in [3.63, 3.8) is 0 Å². The Morgan fingerprint density at radius 3 is 2.46 bits per heavy atom. The minimum absolute atomic E-state index is 0.0921. The summed E-state index contributed by atoms with van der Waals surface area (Å²) in [4.78, 5) is 28.0. The summed E-state index contributed by atoms with van der Waals surface area (Å²) >= 11 is 6.36. The molecule has 0 aliphatic carbocycles. The number of aromatic amines is 1. The van der Waals surface area contributed by atoms with Gasteiger partial charge in [0.1, 0.15) is 11.5 Å². The van der Waals surface area contributed by atoms with Gasteiger partial charge in [-0.15, -0.1) is 0 Å². The molecule has 6 rings (SSSR count). The number of rotatable bonds is 4. The van der Waals surface area contributed by atoms with E-state index < -0.39 is 0 Å².